The Morgan fingerprint density at radius 1 is 1.04 bits per heavy atom. The van der Waals surface area contributed by atoms with Gasteiger partial charge in [0, 0.05) is 51.9 Å². The summed E-state index contributed by atoms with van der Waals surface area (Å²) in [6.07, 6.45) is 4.62. The summed E-state index contributed by atoms with van der Waals surface area (Å²) in [6.45, 7) is 7.28. The molecule has 28 heavy (non-hydrogen) atoms. The summed E-state index contributed by atoms with van der Waals surface area (Å²) in [5.74, 6) is 0.750. The van der Waals surface area contributed by atoms with Crippen LogP contribution in [-0.4, -0.2) is 81.0 Å². The summed E-state index contributed by atoms with van der Waals surface area (Å²) in [6, 6.07) is 8.91. The fourth-order valence-corrected chi connectivity index (χ4v) is 5.05. The number of amides is 1. The SMILES string of the molecule is CN1CCCN(C(=O)C2CC23CCN(Cc2ccc(N(C)C)cc2)CC3)CC1. The van der Waals surface area contributed by atoms with Crippen molar-refractivity contribution in [1.82, 2.24) is 14.7 Å². The van der Waals surface area contributed by atoms with Gasteiger partial charge in [-0.15, -0.1) is 0 Å². The molecule has 1 spiro atoms. The van der Waals surface area contributed by atoms with Crippen molar-refractivity contribution < 1.29 is 4.79 Å². The van der Waals surface area contributed by atoms with Crippen molar-refractivity contribution in [3.63, 3.8) is 0 Å². The molecule has 3 aliphatic rings. The number of likely N-dealkylation sites (N-methyl/N-ethyl adjacent to an activating group) is 1. The Hall–Kier alpha value is -1.59. The molecule has 1 amide bonds. The molecule has 5 nitrogen and oxygen atoms in total. The largest absolute Gasteiger partial charge is 0.378 e. The van der Waals surface area contributed by atoms with E-state index in [4.69, 9.17) is 0 Å². The summed E-state index contributed by atoms with van der Waals surface area (Å²) < 4.78 is 0. The first kappa shape index (κ1) is 19.7. The number of rotatable bonds is 4. The van der Waals surface area contributed by atoms with E-state index in [-0.39, 0.29) is 0 Å². The maximum atomic E-state index is 13.0. The van der Waals surface area contributed by atoms with Gasteiger partial charge in [0.15, 0.2) is 0 Å². The Labute approximate surface area is 170 Å². The lowest BCUT2D eigenvalue weighted by atomic mass is 9.90. The second kappa shape index (κ2) is 8.03. The van der Waals surface area contributed by atoms with Gasteiger partial charge < -0.3 is 14.7 Å². The van der Waals surface area contributed by atoms with E-state index in [0.29, 0.717) is 17.2 Å². The third-order valence-corrected chi connectivity index (χ3v) is 7.23. The van der Waals surface area contributed by atoms with Gasteiger partial charge >= 0.3 is 0 Å². The van der Waals surface area contributed by atoms with E-state index >= 15 is 0 Å². The molecule has 3 fully saturated rings. The summed E-state index contributed by atoms with van der Waals surface area (Å²) in [5.41, 5.74) is 2.96. The first-order valence-electron chi connectivity index (χ1n) is 10.9. The number of likely N-dealkylation sites (tertiary alicyclic amines) is 1. The van der Waals surface area contributed by atoms with Crippen molar-refractivity contribution in [3.05, 3.63) is 29.8 Å². The van der Waals surface area contributed by atoms with Gasteiger partial charge in [-0.3, -0.25) is 9.69 Å². The zero-order chi connectivity index (χ0) is 19.7. The maximum absolute atomic E-state index is 13.0. The molecule has 5 heteroatoms. The highest BCUT2D eigenvalue weighted by atomic mass is 16.2. The van der Waals surface area contributed by atoms with Crippen LogP contribution < -0.4 is 4.90 Å². The summed E-state index contributed by atoms with van der Waals surface area (Å²) in [5, 5.41) is 0. The van der Waals surface area contributed by atoms with Crippen molar-refractivity contribution in [2.45, 2.75) is 32.2 Å². The Balaban J connectivity index is 1.27. The Morgan fingerprint density at radius 3 is 2.43 bits per heavy atom. The van der Waals surface area contributed by atoms with Crippen LogP contribution in [0.4, 0.5) is 5.69 Å². The molecule has 1 aromatic carbocycles. The normalized spacial score (nSPS) is 25.5. The quantitative estimate of drug-likeness (QED) is 0.798. The van der Waals surface area contributed by atoms with Gasteiger partial charge in [0.05, 0.1) is 0 Å². The molecular formula is C23H36N4O. The van der Waals surface area contributed by atoms with E-state index in [1.54, 1.807) is 0 Å². The number of anilines is 1. The van der Waals surface area contributed by atoms with Gasteiger partial charge in [-0.05, 0) is 75.5 Å². The molecule has 2 aliphatic heterocycles. The molecule has 0 radical (unpaired) electrons. The van der Waals surface area contributed by atoms with Crippen LogP contribution in [0.3, 0.4) is 0 Å². The fraction of sp³-hybridized carbons (Fsp3) is 0.696. The smallest absolute Gasteiger partial charge is 0.226 e. The Morgan fingerprint density at radius 2 is 1.75 bits per heavy atom. The molecule has 2 saturated heterocycles. The summed E-state index contributed by atoms with van der Waals surface area (Å²) in [4.78, 5) is 22.2. The van der Waals surface area contributed by atoms with Gasteiger partial charge in [-0.2, -0.15) is 0 Å². The fourth-order valence-electron chi connectivity index (χ4n) is 5.05. The van der Waals surface area contributed by atoms with Crippen molar-refractivity contribution in [2.24, 2.45) is 11.3 Å². The molecule has 0 bridgehead atoms. The molecule has 4 rings (SSSR count). The van der Waals surface area contributed by atoms with Crippen molar-refractivity contribution in [1.29, 1.82) is 0 Å². The predicted octanol–water partition coefficient (Wildman–Crippen LogP) is 2.52. The van der Waals surface area contributed by atoms with E-state index in [1.165, 1.54) is 24.1 Å². The average molecular weight is 385 g/mol. The van der Waals surface area contributed by atoms with Crippen LogP contribution in [0.2, 0.25) is 0 Å². The zero-order valence-corrected chi connectivity index (χ0v) is 17.9. The first-order valence-corrected chi connectivity index (χ1v) is 10.9. The number of nitrogens with zero attached hydrogens (tertiary/aromatic N) is 4. The molecule has 1 unspecified atom stereocenters. The molecule has 1 atom stereocenters. The van der Waals surface area contributed by atoms with E-state index in [1.807, 2.05) is 0 Å². The lowest BCUT2D eigenvalue weighted by Crippen LogP contribution is -2.39. The summed E-state index contributed by atoms with van der Waals surface area (Å²) in [7, 11) is 6.32. The number of piperidine rings is 1. The number of hydrogen-bond acceptors (Lipinski definition) is 4. The molecule has 154 valence electrons. The molecular weight excluding hydrogens is 348 g/mol. The number of carbonyl (C=O) groups excluding carboxylic acids is 1. The van der Waals surface area contributed by atoms with Gasteiger partial charge in [0.1, 0.15) is 0 Å². The van der Waals surface area contributed by atoms with Crippen LogP contribution in [0.25, 0.3) is 0 Å². The standard InChI is InChI=1S/C23H36N4O/c1-24(2)20-7-5-19(6-8-20)18-26-13-9-23(10-14-26)17-21(23)22(28)27-12-4-11-25(3)15-16-27/h5-8,21H,4,9-18H2,1-3H3. The van der Waals surface area contributed by atoms with E-state index < -0.39 is 0 Å². The first-order chi connectivity index (χ1) is 13.5. The van der Waals surface area contributed by atoms with E-state index in [0.717, 1.165) is 58.7 Å². The van der Waals surface area contributed by atoms with Crippen molar-refractivity contribution >= 4 is 11.6 Å². The lowest BCUT2D eigenvalue weighted by molar-refractivity contribution is -0.133. The number of hydrogen-bond donors (Lipinski definition) is 0. The minimum absolute atomic E-state index is 0.303. The Kier molecular flexibility index (Phi) is 5.66. The van der Waals surface area contributed by atoms with E-state index in [9.17, 15) is 4.79 Å². The van der Waals surface area contributed by atoms with Gasteiger partial charge in [0.2, 0.25) is 5.91 Å². The van der Waals surface area contributed by atoms with Gasteiger partial charge in [0.25, 0.3) is 0 Å². The van der Waals surface area contributed by atoms with Gasteiger partial charge in [-0.25, -0.2) is 0 Å². The highest BCUT2D eigenvalue weighted by Crippen LogP contribution is 2.60. The van der Waals surface area contributed by atoms with Crippen LogP contribution in [0.15, 0.2) is 24.3 Å². The highest BCUT2D eigenvalue weighted by molar-refractivity contribution is 5.82. The monoisotopic (exact) mass is 384 g/mol. The number of benzene rings is 1. The molecule has 0 aromatic heterocycles. The zero-order valence-electron chi connectivity index (χ0n) is 17.9. The van der Waals surface area contributed by atoms with Crippen LogP contribution in [0, 0.1) is 11.3 Å². The molecule has 1 saturated carbocycles. The third kappa shape index (κ3) is 4.20. The molecule has 1 aliphatic carbocycles. The van der Waals surface area contributed by atoms with Crippen molar-refractivity contribution in [3.8, 4) is 0 Å². The summed E-state index contributed by atoms with van der Waals surface area (Å²) >= 11 is 0. The highest BCUT2D eigenvalue weighted by Gasteiger charge is 2.59. The predicted molar refractivity (Wildman–Crippen MR) is 115 cm³/mol. The molecule has 0 N–H and O–H groups in total. The molecule has 2 heterocycles. The van der Waals surface area contributed by atoms with Crippen LogP contribution in [-0.2, 0) is 11.3 Å². The van der Waals surface area contributed by atoms with Gasteiger partial charge in [-0.1, -0.05) is 12.1 Å². The van der Waals surface area contributed by atoms with Crippen LogP contribution >= 0.6 is 0 Å². The van der Waals surface area contributed by atoms with Crippen LogP contribution in [0.1, 0.15) is 31.2 Å². The van der Waals surface area contributed by atoms with Crippen LogP contribution in [0.5, 0.6) is 0 Å². The second-order valence-electron chi connectivity index (χ2n) is 9.44. The average Bonchev–Trinajstić information content (AvgIpc) is 3.43. The molecule has 1 aromatic rings. The minimum Gasteiger partial charge on any atom is -0.378 e. The third-order valence-electron chi connectivity index (χ3n) is 7.23. The van der Waals surface area contributed by atoms with E-state index in [2.05, 4.69) is 65.0 Å². The topological polar surface area (TPSA) is 30.0 Å². The maximum Gasteiger partial charge on any atom is 0.226 e. The number of carbonyl (C=O) groups is 1. The minimum atomic E-state index is 0.303. The second-order valence-corrected chi connectivity index (χ2v) is 9.44. The lowest BCUT2D eigenvalue weighted by Gasteiger charge is -2.33. The Bertz CT molecular complexity index is 678. The van der Waals surface area contributed by atoms with Crippen molar-refractivity contribution in [2.75, 3.05) is 65.3 Å².